The molecule has 2 N–H and O–H groups in total. The van der Waals surface area contributed by atoms with Gasteiger partial charge in [0.2, 0.25) is 0 Å². The van der Waals surface area contributed by atoms with Gasteiger partial charge in [-0.2, -0.15) is 0 Å². The Labute approximate surface area is 84.8 Å². The molecular formula is C10H9F2NO2. The molecule has 0 saturated carbocycles. The highest BCUT2D eigenvalue weighted by atomic mass is 19.1. The van der Waals surface area contributed by atoms with Crippen LogP contribution in [0.1, 0.15) is 15.9 Å². The van der Waals surface area contributed by atoms with Crippen molar-refractivity contribution >= 4 is 5.78 Å². The van der Waals surface area contributed by atoms with E-state index in [1.165, 1.54) is 0 Å². The Morgan fingerprint density at radius 1 is 1.47 bits per heavy atom. The highest BCUT2D eigenvalue weighted by Gasteiger charge is 2.26. The van der Waals surface area contributed by atoms with E-state index >= 15 is 0 Å². The van der Waals surface area contributed by atoms with E-state index in [-0.39, 0.29) is 24.5 Å². The largest absolute Gasteiger partial charge is 0.490 e. The number of hydrogen-bond acceptors (Lipinski definition) is 3. The first-order chi connectivity index (χ1) is 7.15. The van der Waals surface area contributed by atoms with Crippen LogP contribution in [0, 0.1) is 11.6 Å². The van der Waals surface area contributed by atoms with Crippen molar-refractivity contribution in [1.82, 2.24) is 0 Å². The second-order valence-electron chi connectivity index (χ2n) is 3.25. The average molecular weight is 213 g/mol. The molecule has 1 aliphatic heterocycles. The minimum atomic E-state index is -0.868. The molecule has 0 bridgehead atoms. The van der Waals surface area contributed by atoms with Crippen LogP contribution in [0.2, 0.25) is 0 Å². The van der Waals surface area contributed by atoms with Crippen molar-refractivity contribution in [2.45, 2.75) is 6.42 Å². The van der Waals surface area contributed by atoms with Gasteiger partial charge in [-0.3, -0.25) is 4.79 Å². The van der Waals surface area contributed by atoms with Gasteiger partial charge in [-0.1, -0.05) is 0 Å². The van der Waals surface area contributed by atoms with Crippen LogP contribution >= 0.6 is 0 Å². The molecule has 2 rings (SSSR count). The standard InChI is InChI=1S/C10H9F2NO2/c11-6-3-7(12)10-5(1-2-15-10)9(6)8(14)4-13/h3H,1-2,4,13H2. The molecule has 0 spiro atoms. The molecule has 1 aliphatic rings. The van der Waals surface area contributed by atoms with E-state index in [0.29, 0.717) is 18.1 Å². The molecule has 0 radical (unpaired) electrons. The molecule has 1 aromatic rings. The van der Waals surface area contributed by atoms with Crippen molar-refractivity contribution in [2.24, 2.45) is 5.73 Å². The lowest BCUT2D eigenvalue weighted by Crippen LogP contribution is -2.17. The monoisotopic (exact) mass is 213 g/mol. The molecule has 0 atom stereocenters. The molecule has 0 fully saturated rings. The lowest BCUT2D eigenvalue weighted by atomic mass is 10.0. The zero-order chi connectivity index (χ0) is 11.0. The molecule has 0 saturated heterocycles. The molecule has 1 aromatic carbocycles. The van der Waals surface area contributed by atoms with E-state index in [2.05, 4.69) is 0 Å². The molecule has 3 nitrogen and oxygen atoms in total. The Morgan fingerprint density at radius 3 is 2.87 bits per heavy atom. The third-order valence-electron chi connectivity index (χ3n) is 2.35. The van der Waals surface area contributed by atoms with Crippen molar-refractivity contribution in [1.29, 1.82) is 0 Å². The third kappa shape index (κ3) is 1.48. The fraction of sp³-hybridized carbons (Fsp3) is 0.300. The van der Waals surface area contributed by atoms with Crippen molar-refractivity contribution < 1.29 is 18.3 Å². The van der Waals surface area contributed by atoms with Crippen LogP contribution in [0.15, 0.2) is 6.07 Å². The van der Waals surface area contributed by atoms with Gasteiger partial charge in [0.25, 0.3) is 0 Å². The molecule has 1 heterocycles. The summed E-state index contributed by atoms with van der Waals surface area (Å²) in [6.45, 7) is -0.0322. The molecule has 0 aliphatic carbocycles. The summed E-state index contributed by atoms with van der Waals surface area (Å²) >= 11 is 0. The van der Waals surface area contributed by atoms with Crippen LogP contribution in [-0.4, -0.2) is 18.9 Å². The van der Waals surface area contributed by atoms with Crippen molar-refractivity contribution in [3.8, 4) is 5.75 Å². The molecule has 80 valence electrons. The Balaban J connectivity index is 2.64. The van der Waals surface area contributed by atoms with Gasteiger partial charge in [0.15, 0.2) is 17.3 Å². The lowest BCUT2D eigenvalue weighted by Gasteiger charge is -2.07. The van der Waals surface area contributed by atoms with Crippen LogP contribution in [0.25, 0.3) is 0 Å². The summed E-state index contributed by atoms with van der Waals surface area (Å²) in [6.07, 6.45) is 0.338. The number of ketones is 1. The minimum absolute atomic E-state index is 0.0202. The first-order valence-electron chi connectivity index (χ1n) is 4.52. The summed E-state index contributed by atoms with van der Waals surface area (Å²) in [6, 6.07) is 0.660. The number of rotatable bonds is 2. The number of fused-ring (bicyclic) bond motifs is 1. The van der Waals surface area contributed by atoms with Gasteiger partial charge in [0, 0.05) is 18.1 Å². The van der Waals surface area contributed by atoms with Crippen molar-refractivity contribution in [3.05, 3.63) is 28.8 Å². The van der Waals surface area contributed by atoms with E-state index in [1.807, 2.05) is 0 Å². The normalized spacial score (nSPS) is 13.5. The molecule has 0 unspecified atom stereocenters. The van der Waals surface area contributed by atoms with Crippen LogP contribution < -0.4 is 10.5 Å². The quantitative estimate of drug-likeness (QED) is 0.747. The van der Waals surface area contributed by atoms with Crippen molar-refractivity contribution in [3.63, 3.8) is 0 Å². The van der Waals surface area contributed by atoms with E-state index in [9.17, 15) is 13.6 Å². The second-order valence-corrected chi connectivity index (χ2v) is 3.25. The smallest absolute Gasteiger partial charge is 0.179 e. The number of nitrogens with two attached hydrogens (primary N) is 1. The first kappa shape index (κ1) is 10.0. The summed E-state index contributed by atoms with van der Waals surface area (Å²) in [4.78, 5) is 11.4. The third-order valence-corrected chi connectivity index (χ3v) is 2.35. The molecule has 0 amide bonds. The summed E-state index contributed by atoms with van der Waals surface area (Å²) in [7, 11) is 0. The SMILES string of the molecule is NCC(=O)c1c(F)cc(F)c2c1CCO2. The predicted octanol–water partition coefficient (Wildman–Crippen LogP) is 1.04. The number of benzene rings is 1. The summed E-state index contributed by atoms with van der Waals surface area (Å²) in [5, 5.41) is 0. The summed E-state index contributed by atoms with van der Waals surface area (Å²) < 4.78 is 31.5. The zero-order valence-corrected chi connectivity index (χ0v) is 7.85. The van der Waals surface area contributed by atoms with Gasteiger partial charge >= 0.3 is 0 Å². The van der Waals surface area contributed by atoms with Crippen LogP contribution in [0.3, 0.4) is 0 Å². The van der Waals surface area contributed by atoms with Crippen LogP contribution in [0.5, 0.6) is 5.75 Å². The van der Waals surface area contributed by atoms with E-state index in [1.54, 1.807) is 0 Å². The Kier molecular flexibility index (Phi) is 2.40. The van der Waals surface area contributed by atoms with Gasteiger partial charge in [0.05, 0.1) is 18.7 Å². The fourth-order valence-electron chi connectivity index (χ4n) is 1.70. The molecule has 5 heteroatoms. The van der Waals surface area contributed by atoms with Crippen LogP contribution in [0.4, 0.5) is 8.78 Å². The molecule has 0 aromatic heterocycles. The van der Waals surface area contributed by atoms with Gasteiger partial charge in [-0.25, -0.2) is 8.78 Å². The maximum Gasteiger partial charge on any atom is 0.179 e. The highest BCUT2D eigenvalue weighted by molar-refractivity contribution is 5.99. The first-order valence-corrected chi connectivity index (χ1v) is 4.52. The van der Waals surface area contributed by atoms with Crippen molar-refractivity contribution in [2.75, 3.05) is 13.2 Å². The number of hydrogen-bond donors (Lipinski definition) is 1. The number of carbonyl (C=O) groups excluding carboxylic acids is 1. The average Bonchev–Trinajstić information content (AvgIpc) is 2.66. The van der Waals surface area contributed by atoms with E-state index in [4.69, 9.17) is 10.5 Å². The number of Topliss-reactive ketones (excluding diaryl/α,β-unsaturated/α-hetero) is 1. The highest BCUT2D eigenvalue weighted by Crippen LogP contribution is 2.33. The fourth-order valence-corrected chi connectivity index (χ4v) is 1.70. The summed E-state index contributed by atoms with van der Waals surface area (Å²) in [5.74, 6) is -2.19. The van der Waals surface area contributed by atoms with Gasteiger partial charge in [-0.15, -0.1) is 0 Å². The Hall–Kier alpha value is -1.49. The van der Waals surface area contributed by atoms with Gasteiger partial charge in [-0.05, 0) is 0 Å². The lowest BCUT2D eigenvalue weighted by molar-refractivity contribution is 0.0996. The zero-order valence-electron chi connectivity index (χ0n) is 7.85. The Morgan fingerprint density at radius 2 is 2.20 bits per heavy atom. The second kappa shape index (κ2) is 3.58. The topological polar surface area (TPSA) is 52.3 Å². The van der Waals surface area contributed by atoms with E-state index in [0.717, 1.165) is 0 Å². The maximum absolute atomic E-state index is 13.4. The number of carbonyl (C=O) groups is 1. The predicted molar refractivity (Wildman–Crippen MR) is 48.9 cm³/mol. The van der Waals surface area contributed by atoms with E-state index < -0.39 is 17.4 Å². The minimum Gasteiger partial charge on any atom is -0.490 e. The van der Waals surface area contributed by atoms with Gasteiger partial charge < -0.3 is 10.5 Å². The number of halogens is 2. The Bertz CT molecular complexity index is 432. The molecule has 15 heavy (non-hydrogen) atoms. The summed E-state index contributed by atoms with van der Waals surface area (Å²) in [5.41, 5.74) is 5.32. The molecular weight excluding hydrogens is 204 g/mol. The van der Waals surface area contributed by atoms with Gasteiger partial charge in [0.1, 0.15) is 5.82 Å². The number of ether oxygens (including phenoxy) is 1. The maximum atomic E-state index is 13.4. The van der Waals surface area contributed by atoms with Crippen LogP contribution in [-0.2, 0) is 6.42 Å².